The lowest BCUT2D eigenvalue weighted by Gasteiger charge is -2.30. The van der Waals surface area contributed by atoms with Crippen LogP contribution in [0.15, 0.2) is 79.0 Å². The highest BCUT2D eigenvalue weighted by molar-refractivity contribution is 5.85. The molecule has 5 nitrogen and oxygen atoms in total. The fourth-order valence-electron chi connectivity index (χ4n) is 3.69. The van der Waals surface area contributed by atoms with Gasteiger partial charge in [0, 0.05) is 38.1 Å². The Labute approximate surface area is 164 Å². The minimum atomic E-state index is -1.82. The van der Waals surface area contributed by atoms with Crippen LogP contribution in [0.5, 0.6) is 0 Å². The largest absolute Gasteiger partial charge is 0.462 e. The van der Waals surface area contributed by atoms with Crippen LogP contribution in [0, 0.1) is 0 Å². The van der Waals surface area contributed by atoms with Crippen molar-refractivity contribution in [3.63, 3.8) is 0 Å². The average molecular weight is 376 g/mol. The minimum absolute atomic E-state index is 0.238. The lowest BCUT2D eigenvalue weighted by atomic mass is 9.86. The van der Waals surface area contributed by atoms with Crippen molar-refractivity contribution in [2.45, 2.75) is 18.7 Å². The van der Waals surface area contributed by atoms with Crippen LogP contribution in [0.25, 0.3) is 0 Å². The maximum absolute atomic E-state index is 13.0. The highest BCUT2D eigenvalue weighted by Crippen LogP contribution is 2.31. The molecule has 2 heterocycles. The van der Waals surface area contributed by atoms with Crippen molar-refractivity contribution in [3.8, 4) is 0 Å². The molecule has 0 spiro atoms. The van der Waals surface area contributed by atoms with Crippen molar-refractivity contribution in [3.05, 3.63) is 95.8 Å². The number of hydrogen-bond donors (Lipinski definition) is 1. The number of carbonyl (C=O) groups excluding carboxylic acids is 1. The van der Waals surface area contributed by atoms with Gasteiger partial charge in [-0.15, -0.1) is 0 Å². The Morgan fingerprint density at radius 3 is 2.21 bits per heavy atom. The number of aliphatic hydroxyl groups is 1. The van der Waals surface area contributed by atoms with E-state index in [1.807, 2.05) is 12.1 Å². The third kappa shape index (κ3) is 3.59. The molecule has 0 atom stereocenters. The van der Waals surface area contributed by atoms with Crippen molar-refractivity contribution in [2.24, 2.45) is 0 Å². The normalized spacial score (nSPS) is 14.5. The van der Waals surface area contributed by atoms with Crippen LogP contribution in [0.1, 0.15) is 16.8 Å². The molecule has 144 valence electrons. The number of benzene rings is 2. The number of ether oxygens (including phenoxy) is 1. The van der Waals surface area contributed by atoms with Gasteiger partial charge in [-0.25, -0.2) is 4.79 Å². The van der Waals surface area contributed by atoms with Gasteiger partial charge in [0.1, 0.15) is 6.61 Å². The molecule has 5 heteroatoms. The van der Waals surface area contributed by atoms with Gasteiger partial charge in [-0.3, -0.25) is 4.90 Å². The monoisotopic (exact) mass is 376 g/mol. The van der Waals surface area contributed by atoms with Crippen LogP contribution in [0.4, 0.5) is 0 Å². The Balaban J connectivity index is 1.45. The van der Waals surface area contributed by atoms with Gasteiger partial charge in [0.25, 0.3) is 0 Å². The molecule has 0 unspecified atom stereocenters. The van der Waals surface area contributed by atoms with E-state index in [9.17, 15) is 9.90 Å². The first-order valence-electron chi connectivity index (χ1n) is 9.55. The first-order chi connectivity index (χ1) is 13.7. The highest BCUT2D eigenvalue weighted by atomic mass is 16.5. The molecule has 0 bridgehead atoms. The average Bonchev–Trinajstić information content (AvgIpc) is 3.22. The molecular formula is C23H24N2O3. The van der Waals surface area contributed by atoms with E-state index < -0.39 is 11.6 Å². The van der Waals surface area contributed by atoms with E-state index in [1.165, 1.54) is 5.69 Å². The van der Waals surface area contributed by atoms with Crippen molar-refractivity contribution < 1.29 is 14.6 Å². The summed E-state index contributed by atoms with van der Waals surface area (Å²) in [5.41, 5.74) is 0.450. The molecule has 1 aromatic heterocycles. The Hall–Kier alpha value is -2.89. The molecule has 0 radical (unpaired) electrons. The van der Waals surface area contributed by atoms with Crippen LogP contribution in [-0.4, -0.2) is 40.2 Å². The molecule has 1 aliphatic heterocycles. The second kappa shape index (κ2) is 8.00. The number of esters is 1. The van der Waals surface area contributed by atoms with E-state index in [4.69, 9.17) is 4.74 Å². The second-order valence-electron chi connectivity index (χ2n) is 7.05. The minimum Gasteiger partial charge on any atom is -0.462 e. The van der Waals surface area contributed by atoms with E-state index in [-0.39, 0.29) is 6.61 Å². The molecule has 0 amide bonds. The first-order valence-corrected chi connectivity index (χ1v) is 9.55. The molecule has 1 aliphatic rings. The zero-order valence-corrected chi connectivity index (χ0v) is 15.7. The summed E-state index contributed by atoms with van der Waals surface area (Å²) in [6.07, 6.45) is 2.09. The van der Waals surface area contributed by atoms with Crippen LogP contribution in [0.3, 0.4) is 0 Å². The maximum Gasteiger partial charge on any atom is 0.347 e. The third-order valence-electron chi connectivity index (χ3n) is 5.29. The zero-order valence-electron chi connectivity index (χ0n) is 15.7. The van der Waals surface area contributed by atoms with Gasteiger partial charge in [0.15, 0.2) is 0 Å². The number of nitrogens with zero attached hydrogens (tertiary/aromatic N) is 2. The van der Waals surface area contributed by atoms with E-state index in [1.54, 1.807) is 48.5 Å². The topological polar surface area (TPSA) is 54.7 Å². The molecular weight excluding hydrogens is 352 g/mol. The number of rotatable bonds is 6. The fraction of sp³-hybridized carbons (Fsp3) is 0.261. The SMILES string of the molecule is O=C(OCCN1CCn2cccc2C1)C(O)(c1ccccc1)c1ccccc1. The smallest absolute Gasteiger partial charge is 0.347 e. The van der Waals surface area contributed by atoms with E-state index >= 15 is 0 Å². The van der Waals surface area contributed by atoms with Crippen molar-refractivity contribution in [2.75, 3.05) is 19.7 Å². The Morgan fingerprint density at radius 2 is 1.57 bits per heavy atom. The van der Waals surface area contributed by atoms with E-state index in [0.29, 0.717) is 17.7 Å². The zero-order chi connectivity index (χ0) is 19.4. The molecule has 1 N–H and O–H groups in total. The summed E-state index contributed by atoms with van der Waals surface area (Å²) in [4.78, 5) is 15.2. The lowest BCUT2D eigenvalue weighted by Crippen LogP contribution is -2.41. The van der Waals surface area contributed by atoms with Crippen molar-refractivity contribution in [1.82, 2.24) is 9.47 Å². The van der Waals surface area contributed by atoms with E-state index in [0.717, 1.165) is 19.6 Å². The Bertz CT molecular complexity index is 882. The molecule has 2 aromatic carbocycles. The molecule has 0 aliphatic carbocycles. The molecule has 28 heavy (non-hydrogen) atoms. The van der Waals surface area contributed by atoms with Gasteiger partial charge in [0.2, 0.25) is 5.60 Å². The van der Waals surface area contributed by atoms with Gasteiger partial charge >= 0.3 is 5.97 Å². The Kier molecular flexibility index (Phi) is 5.28. The van der Waals surface area contributed by atoms with Crippen LogP contribution >= 0.6 is 0 Å². The number of fused-ring (bicyclic) bond motifs is 1. The summed E-state index contributed by atoms with van der Waals surface area (Å²) < 4.78 is 7.79. The first kappa shape index (κ1) is 18.5. The summed E-state index contributed by atoms with van der Waals surface area (Å²) in [6, 6.07) is 22.1. The standard InChI is InChI=1S/C23H24N2O3/c26-22(28-17-16-24-14-15-25-13-7-12-21(25)18-24)23(27,19-8-3-1-4-9-19)20-10-5-2-6-11-20/h1-13,27H,14-18H2. The maximum atomic E-state index is 13.0. The van der Waals surface area contributed by atoms with Crippen LogP contribution in [0.2, 0.25) is 0 Å². The third-order valence-corrected chi connectivity index (χ3v) is 5.29. The lowest BCUT2D eigenvalue weighted by molar-refractivity contribution is -0.162. The molecule has 0 fully saturated rings. The molecule has 0 saturated carbocycles. The summed E-state index contributed by atoms with van der Waals surface area (Å²) in [5, 5.41) is 11.4. The molecule has 4 rings (SSSR count). The predicted octanol–water partition coefficient (Wildman–Crippen LogP) is 2.78. The van der Waals surface area contributed by atoms with Crippen LogP contribution in [-0.2, 0) is 28.2 Å². The van der Waals surface area contributed by atoms with E-state index in [2.05, 4.69) is 27.8 Å². The Morgan fingerprint density at radius 1 is 0.929 bits per heavy atom. The predicted molar refractivity (Wildman–Crippen MR) is 107 cm³/mol. The number of carbonyl (C=O) groups is 1. The second-order valence-corrected chi connectivity index (χ2v) is 7.05. The fourth-order valence-corrected chi connectivity index (χ4v) is 3.69. The molecule has 3 aromatic rings. The summed E-state index contributed by atoms with van der Waals surface area (Å²) >= 11 is 0. The van der Waals surface area contributed by atoms with Gasteiger partial charge in [-0.1, -0.05) is 60.7 Å². The number of hydrogen-bond acceptors (Lipinski definition) is 4. The quantitative estimate of drug-likeness (QED) is 0.672. The summed E-state index contributed by atoms with van der Waals surface area (Å²) in [6.45, 7) is 3.57. The van der Waals surface area contributed by atoms with Crippen molar-refractivity contribution >= 4 is 5.97 Å². The molecule has 0 saturated heterocycles. The summed E-state index contributed by atoms with van der Waals surface area (Å²) in [5.74, 6) is -0.648. The van der Waals surface area contributed by atoms with Gasteiger partial charge in [0.05, 0.1) is 0 Å². The van der Waals surface area contributed by atoms with Crippen molar-refractivity contribution in [1.29, 1.82) is 0 Å². The van der Waals surface area contributed by atoms with Gasteiger partial charge in [-0.2, -0.15) is 0 Å². The number of aromatic nitrogens is 1. The van der Waals surface area contributed by atoms with Gasteiger partial charge in [-0.05, 0) is 23.3 Å². The van der Waals surface area contributed by atoms with Crippen LogP contribution < -0.4 is 0 Å². The summed E-state index contributed by atoms with van der Waals surface area (Å²) in [7, 11) is 0. The van der Waals surface area contributed by atoms with Gasteiger partial charge < -0.3 is 14.4 Å². The highest BCUT2D eigenvalue weighted by Gasteiger charge is 2.41.